The van der Waals surface area contributed by atoms with E-state index in [4.69, 9.17) is 20.5 Å². The van der Waals surface area contributed by atoms with Crippen LogP contribution in [0.4, 0.5) is 0 Å². The van der Waals surface area contributed by atoms with E-state index in [1.807, 2.05) is 0 Å². The van der Waals surface area contributed by atoms with E-state index in [2.05, 4.69) is 0 Å². The van der Waals surface area contributed by atoms with Crippen molar-refractivity contribution in [1.82, 2.24) is 0 Å². The summed E-state index contributed by atoms with van der Waals surface area (Å²) in [5.41, 5.74) is 5.48. The zero-order chi connectivity index (χ0) is 9.84. The molecule has 0 saturated heterocycles. The molecule has 1 aromatic heterocycles. The average Bonchev–Trinajstić information content (AvgIpc) is 2.50. The van der Waals surface area contributed by atoms with E-state index in [9.17, 15) is 4.79 Å². The predicted molar refractivity (Wildman–Crippen MR) is 42.6 cm³/mol. The summed E-state index contributed by atoms with van der Waals surface area (Å²) in [6.07, 6.45) is -0.210. The molecule has 0 aliphatic carbocycles. The van der Waals surface area contributed by atoms with Crippen molar-refractivity contribution in [2.45, 2.75) is 12.5 Å². The fraction of sp³-hybridized carbons (Fsp3) is 0.250. The van der Waals surface area contributed by atoms with E-state index in [0.717, 1.165) is 0 Å². The zero-order valence-corrected chi connectivity index (χ0v) is 6.73. The quantitative estimate of drug-likeness (QED) is 0.710. The molecule has 5 nitrogen and oxygen atoms in total. The van der Waals surface area contributed by atoms with Gasteiger partial charge < -0.3 is 15.3 Å². The average molecular weight is 180 g/mol. The summed E-state index contributed by atoms with van der Waals surface area (Å²) < 4.78 is 4.95. The van der Waals surface area contributed by atoms with Crippen LogP contribution in [-0.4, -0.2) is 11.1 Å². The Morgan fingerprint density at radius 2 is 2.46 bits per heavy atom. The van der Waals surface area contributed by atoms with Crippen molar-refractivity contribution < 1.29 is 14.3 Å². The number of aliphatic carboxylic acids is 1. The second-order valence-electron chi connectivity index (χ2n) is 2.52. The van der Waals surface area contributed by atoms with Crippen molar-refractivity contribution in [3.05, 3.63) is 23.7 Å². The highest BCUT2D eigenvalue weighted by Gasteiger charge is 2.14. The fourth-order valence-corrected chi connectivity index (χ4v) is 0.901. The highest BCUT2D eigenvalue weighted by atomic mass is 16.4. The Morgan fingerprint density at radius 1 is 1.77 bits per heavy atom. The number of hydrogen-bond donors (Lipinski definition) is 2. The molecule has 0 bridgehead atoms. The van der Waals surface area contributed by atoms with Gasteiger partial charge in [-0.3, -0.25) is 4.79 Å². The molecule has 0 saturated carbocycles. The van der Waals surface area contributed by atoms with Gasteiger partial charge in [0.1, 0.15) is 11.8 Å². The van der Waals surface area contributed by atoms with Crippen LogP contribution in [0.3, 0.4) is 0 Å². The molecule has 1 rings (SSSR count). The minimum Gasteiger partial charge on any atom is -0.481 e. The van der Waals surface area contributed by atoms with E-state index < -0.39 is 12.0 Å². The van der Waals surface area contributed by atoms with Crippen molar-refractivity contribution in [3.63, 3.8) is 0 Å². The summed E-state index contributed by atoms with van der Waals surface area (Å²) in [6, 6.07) is 4.05. The molecular formula is C8H8N2O3. The second-order valence-corrected chi connectivity index (χ2v) is 2.52. The van der Waals surface area contributed by atoms with Crippen molar-refractivity contribution >= 4 is 5.97 Å². The Balaban J connectivity index is 2.72. The van der Waals surface area contributed by atoms with Gasteiger partial charge in [0.05, 0.1) is 12.5 Å². The van der Waals surface area contributed by atoms with E-state index in [0.29, 0.717) is 5.76 Å². The monoisotopic (exact) mass is 180 g/mol. The third kappa shape index (κ3) is 2.32. The lowest BCUT2D eigenvalue weighted by Gasteiger charge is -2.03. The first-order chi connectivity index (χ1) is 6.13. The Morgan fingerprint density at radius 3 is 2.92 bits per heavy atom. The summed E-state index contributed by atoms with van der Waals surface area (Å²) >= 11 is 0. The van der Waals surface area contributed by atoms with Gasteiger partial charge in [0, 0.05) is 0 Å². The van der Waals surface area contributed by atoms with Gasteiger partial charge in [-0.25, -0.2) is 0 Å². The standard InChI is InChI=1S/C8H8N2O3/c9-4-5-1-2-7(13-5)6(10)3-8(11)12/h1-2,6H,3,10H2,(H,11,12)/t6-/m1/s1. The molecule has 1 aromatic rings. The van der Waals surface area contributed by atoms with Crippen LogP contribution in [0.15, 0.2) is 16.5 Å². The molecule has 3 N–H and O–H groups in total. The Kier molecular flexibility index (Phi) is 2.67. The number of nitriles is 1. The molecular weight excluding hydrogens is 172 g/mol. The Bertz CT molecular complexity index is 351. The van der Waals surface area contributed by atoms with Crippen molar-refractivity contribution in [3.8, 4) is 6.07 Å². The maximum absolute atomic E-state index is 10.3. The molecule has 1 heterocycles. The Labute approximate surface area is 74.4 Å². The van der Waals surface area contributed by atoms with Crippen LogP contribution in [0.2, 0.25) is 0 Å². The lowest BCUT2D eigenvalue weighted by Crippen LogP contribution is -2.14. The molecule has 13 heavy (non-hydrogen) atoms. The molecule has 0 aliphatic heterocycles. The molecule has 0 aromatic carbocycles. The van der Waals surface area contributed by atoms with Gasteiger partial charge in [0.2, 0.25) is 5.76 Å². The topological polar surface area (TPSA) is 100 Å². The minimum atomic E-state index is -0.998. The van der Waals surface area contributed by atoms with E-state index in [1.165, 1.54) is 12.1 Å². The summed E-state index contributed by atoms with van der Waals surface area (Å²) in [5.74, 6) is -0.544. The van der Waals surface area contributed by atoms with Crippen LogP contribution in [0.5, 0.6) is 0 Å². The van der Waals surface area contributed by atoms with Gasteiger partial charge >= 0.3 is 5.97 Å². The summed E-state index contributed by atoms with van der Waals surface area (Å²) in [6.45, 7) is 0. The summed E-state index contributed by atoms with van der Waals surface area (Å²) in [4.78, 5) is 10.3. The normalized spacial score (nSPS) is 12.0. The van der Waals surface area contributed by atoms with Gasteiger partial charge in [-0.1, -0.05) is 0 Å². The van der Waals surface area contributed by atoms with Crippen LogP contribution in [0.1, 0.15) is 24.0 Å². The largest absolute Gasteiger partial charge is 0.481 e. The maximum Gasteiger partial charge on any atom is 0.305 e. The number of nitrogens with zero attached hydrogens (tertiary/aromatic N) is 1. The van der Waals surface area contributed by atoms with Gasteiger partial charge in [0.25, 0.3) is 0 Å². The fourth-order valence-electron chi connectivity index (χ4n) is 0.901. The summed E-state index contributed by atoms with van der Waals surface area (Å²) in [5, 5.41) is 16.8. The number of rotatable bonds is 3. The molecule has 68 valence electrons. The molecule has 0 spiro atoms. The first kappa shape index (κ1) is 9.29. The number of nitrogens with two attached hydrogens (primary N) is 1. The van der Waals surface area contributed by atoms with E-state index >= 15 is 0 Å². The van der Waals surface area contributed by atoms with Crippen molar-refractivity contribution in [1.29, 1.82) is 5.26 Å². The van der Waals surface area contributed by atoms with Crippen LogP contribution in [0, 0.1) is 11.3 Å². The zero-order valence-electron chi connectivity index (χ0n) is 6.73. The van der Waals surface area contributed by atoms with Crippen LogP contribution < -0.4 is 5.73 Å². The first-order valence-electron chi connectivity index (χ1n) is 3.60. The first-order valence-corrected chi connectivity index (χ1v) is 3.60. The molecule has 0 amide bonds. The molecule has 5 heteroatoms. The number of furan rings is 1. The van der Waals surface area contributed by atoms with Crippen LogP contribution in [-0.2, 0) is 4.79 Å². The number of carbonyl (C=O) groups is 1. The van der Waals surface area contributed by atoms with E-state index in [1.54, 1.807) is 6.07 Å². The molecule has 1 atom stereocenters. The SMILES string of the molecule is N#Cc1ccc([C@H](N)CC(=O)O)o1. The number of hydrogen-bond acceptors (Lipinski definition) is 4. The highest BCUT2D eigenvalue weighted by molar-refractivity contribution is 5.67. The minimum absolute atomic E-state index is 0.135. The van der Waals surface area contributed by atoms with Gasteiger partial charge in [-0.05, 0) is 12.1 Å². The maximum atomic E-state index is 10.3. The lowest BCUT2D eigenvalue weighted by atomic mass is 10.2. The third-order valence-electron chi connectivity index (χ3n) is 1.50. The third-order valence-corrected chi connectivity index (χ3v) is 1.50. The van der Waals surface area contributed by atoms with Gasteiger partial charge in [-0.2, -0.15) is 5.26 Å². The highest BCUT2D eigenvalue weighted by Crippen LogP contribution is 2.16. The smallest absolute Gasteiger partial charge is 0.305 e. The van der Waals surface area contributed by atoms with E-state index in [-0.39, 0.29) is 12.2 Å². The van der Waals surface area contributed by atoms with Crippen LogP contribution >= 0.6 is 0 Å². The summed E-state index contributed by atoms with van der Waals surface area (Å²) in [7, 11) is 0. The lowest BCUT2D eigenvalue weighted by molar-refractivity contribution is -0.137. The molecule has 0 unspecified atom stereocenters. The van der Waals surface area contributed by atoms with Crippen LogP contribution in [0.25, 0.3) is 0 Å². The second kappa shape index (κ2) is 3.74. The molecule has 0 radical (unpaired) electrons. The van der Waals surface area contributed by atoms with Crippen molar-refractivity contribution in [2.75, 3.05) is 0 Å². The predicted octanol–water partition coefficient (Wildman–Crippen LogP) is 0.626. The molecule has 0 fully saturated rings. The Hall–Kier alpha value is -1.80. The molecule has 0 aliphatic rings. The van der Waals surface area contributed by atoms with Gasteiger partial charge in [-0.15, -0.1) is 0 Å². The number of carboxylic acid groups (broad SMARTS) is 1. The van der Waals surface area contributed by atoms with Gasteiger partial charge in [0.15, 0.2) is 0 Å². The number of carboxylic acids is 1. The van der Waals surface area contributed by atoms with Crippen molar-refractivity contribution in [2.24, 2.45) is 5.73 Å².